The molecule has 0 saturated carbocycles. The number of halogens is 2. The summed E-state index contributed by atoms with van der Waals surface area (Å²) in [5.74, 6) is -3.02. The summed E-state index contributed by atoms with van der Waals surface area (Å²) in [6, 6.07) is 15.0. The predicted octanol–water partition coefficient (Wildman–Crippen LogP) is 3.50. The van der Waals surface area contributed by atoms with Crippen molar-refractivity contribution in [3.05, 3.63) is 82.1 Å². The molecular formula is C24H20ClFN2O5. The zero-order valence-electron chi connectivity index (χ0n) is 17.3. The molecule has 0 spiro atoms. The van der Waals surface area contributed by atoms with Crippen LogP contribution in [0.15, 0.2) is 54.6 Å². The molecule has 3 aromatic rings. The van der Waals surface area contributed by atoms with Crippen molar-refractivity contribution < 1.29 is 28.6 Å². The summed E-state index contributed by atoms with van der Waals surface area (Å²) in [5, 5.41) is 9.05. The van der Waals surface area contributed by atoms with Gasteiger partial charge in [0.2, 0.25) is 5.91 Å². The van der Waals surface area contributed by atoms with Gasteiger partial charge in [-0.2, -0.15) is 0 Å². The first kappa shape index (κ1) is 22.6. The van der Waals surface area contributed by atoms with Crippen LogP contribution in [0.25, 0.3) is 11.1 Å². The molecule has 1 amide bonds. The van der Waals surface area contributed by atoms with E-state index >= 15 is 4.39 Å². The number of primary amides is 1. The van der Waals surface area contributed by atoms with Crippen LogP contribution >= 0.6 is 11.6 Å². The van der Waals surface area contributed by atoms with Crippen LogP contribution in [-0.2, 0) is 16.8 Å². The monoisotopic (exact) mass is 470 g/mol. The molecule has 33 heavy (non-hydrogen) atoms. The Morgan fingerprint density at radius 3 is 2.48 bits per heavy atom. The fraction of sp³-hybridized carbons (Fsp3) is 0.167. The Kier molecular flexibility index (Phi) is 5.97. The molecule has 9 heteroatoms. The molecule has 1 aliphatic rings. The number of fused-ring (bicyclic) bond motifs is 1. The molecule has 1 atom stereocenters. The highest BCUT2D eigenvalue weighted by Gasteiger charge is 2.42. The van der Waals surface area contributed by atoms with E-state index in [0.717, 1.165) is 11.6 Å². The van der Waals surface area contributed by atoms with Crippen LogP contribution in [0.2, 0.25) is 5.02 Å². The molecule has 0 aromatic heterocycles. The van der Waals surface area contributed by atoms with E-state index in [1.807, 2.05) is 30.3 Å². The molecule has 1 aliphatic heterocycles. The zero-order chi connectivity index (χ0) is 23.8. The lowest BCUT2D eigenvalue weighted by molar-refractivity contribution is -0.139. The van der Waals surface area contributed by atoms with Gasteiger partial charge >= 0.3 is 5.97 Å². The number of carboxylic acids is 1. The molecule has 0 aliphatic carbocycles. The summed E-state index contributed by atoms with van der Waals surface area (Å²) in [7, 11) is 0. The van der Waals surface area contributed by atoms with E-state index in [2.05, 4.69) is 0 Å². The number of carbonyl (C=O) groups excluding carboxylic acids is 1. The Morgan fingerprint density at radius 1 is 1.12 bits per heavy atom. The molecule has 0 fully saturated rings. The van der Waals surface area contributed by atoms with Gasteiger partial charge in [0.15, 0.2) is 23.8 Å². The Hall–Kier alpha value is -3.62. The Labute approximate surface area is 193 Å². The molecule has 5 N–H and O–H groups in total. The number of nitrogens with two attached hydrogens (primary N) is 2. The highest BCUT2D eigenvalue weighted by molar-refractivity contribution is 6.34. The average molecular weight is 471 g/mol. The van der Waals surface area contributed by atoms with Gasteiger partial charge in [0, 0.05) is 34.7 Å². The van der Waals surface area contributed by atoms with Crippen LogP contribution in [0, 0.1) is 5.82 Å². The normalized spacial score (nSPS) is 16.7. The molecule has 4 rings (SSSR count). The van der Waals surface area contributed by atoms with Crippen LogP contribution in [0.4, 0.5) is 4.39 Å². The van der Waals surface area contributed by atoms with Gasteiger partial charge < -0.3 is 26.0 Å². The topological polar surface area (TPSA) is 125 Å². The minimum Gasteiger partial charge on any atom is -0.481 e. The molecule has 0 bridgehead atoms. The molecule has 0 radical (unpaired) electrons. The lowest BCUT2D eigenvalue weighted by atomic mass is 9.85. The first-order valence-electron chi connectivity index (χ1n) is 10.0. The van der Waals surface area contributed by atoms with Crippen molar-refractivity contribution in [2.24, 2.45) is 11.5 Å². The number of hydrogen-bond acceptors (Lipinski definition) is 5. The molecule has 0 unspecified atom stereocenters. The Bertz CT molecular complexity index is 1250. The molecule has 1 heterocycles. The van der Waals surface area contributed by atoms with Crippen molar-refractivity contribution in [3.8, 4) is 22.6 Å². The van der Waals surface area contributed by atoms with Crippen LogP contribution in [0.1, 0.15) is 21.5 Å². The first-order valence-corrected chi connectivity index (χ1v) is 10.4. The van der Waals surface area contributed by atoms with Gasteiger partial charge in [-0.05, 0) is 29.8 Å². The van der Waals surface area contributed by atoms with E-state index in [9.17, 15) is 9.59 Å². The van der Waals surface area contributed by atoms with Gasteiger partial charge in [-0.15, -0.1) is 0 Å². The number of benzene rings is 3. The Morgan fingerprint density at radius 2 is 1.85 bits per heavy atom. The minimum absolute atomic E-state index is 0.129. The SMILES string of the molecule is NC[C@@]1(c2ccccc2)Cc2c(ccc(Cl)c2-c2c(C(N)=O)ccc(OCC(=O)O)c2F)O1. The minimum atomic E-state index is -1.28. The quantitative estimate of drug-likeness (QED) is 0.485. The number of amides is 1. The van der Waals surface area contributed by atoms with E-state index < -0.39 is 29.9 Å². The first-order chi connectivity index (χ1) is 15.8. The van der Waals surface area contributed by atoms with Gasteiger partial charge in [-0.3, -0.25) is 4.79 Å². The summed E-state index contributed by atoms with van der Waals surface area (Å²) in [5.41, 5.74) is 12.0. The summed E-state index contributed by atoms with van der Waals surface area (Å²) in [6.07, 6.45) is 0.261. The van der Waals surface area contributed by atoms with Crippen molar-refractivity contribution in [3.63, 3.8) is 0 Å². The van der Waals surface area contributed by atoms with Gasteiger partial charge in [-0.25, -0.2) is 9.18 Å². The van der Waals surface area contributed by atoms with E-state index in [4.69, 9.17) is 37.6 Å². The molecule has 7 nitrogen and oxygen atoms in total. The zero-order valence-corrected chi connectivity index (χ0v) is 18.1. The van der Waals surface area contributed by atoms with Crippen LogP contribution in [-0.4, -0.2) is 30.1 Å². The van der Waals surface area contributed by atoms with Crippen LogP contribution in [0.3, 0.4) is 0 Å². The third-order valence-electron chi connectivity index (χ3n) is 5.59. The second kappa shape index (κ2) is 8.73. The second-order valence-corrected chi connectivity index (χ2v) is 8.00. The highest BCUT2D eigenvalue weighted by atomic mass is 35.5. The number of carbonyl (C=O) groups is 2. The number of ether oxygens (including phenoxy) is 2. The predicted molar refractivity (Wildman–Crippen MR) is 120 cm³/mol. The maximum atomic E-state index is 15.6. The smallest absolute Gasteiger partial charge is 0.341 e. The van der Waals surface area contributed by atoms with Gasteiger partial charge in [-0.1, -0.05) is 41.9 Å². The van der Waals surface area contributed by atoms with Gasteiger partial charge in [0.1, 0.15) is 5.75 Å². The molecule has 170 valence electrons. The van der Waals surface area contributed by atoms with Gasteiger partial charge in [0.05, 0.1) is 5.56 Å². The van der Waals surface area contributed by atoms with Gasteiger partial charge in [0.25, 0.3) is 0 Å². The summed E-state index contributed by atoms with van der Waals surface area (Å²) in [6.45, 7) is -0.629. The maximum absolute atomic E-state index is 15.6. The van der Waals surface area contributed by atoms with E-state index in [1.54, 1.807) is 6.07 Å². The van der Waals surface area contributed by atoms with Crippen molar-refractivity contribution in [2.45, 2.75) is 12.0 Å². The summed E-state index contributed by atoms with van der Waals surface area (Å²) >= 11 is 6.51. The lowest BCUT2D eigenvalue weighted by Crippen LogP contribution is -2.39. The summed E-state index contributed by atoms with van der Waals surface area (Å²) in [4.78, 5) is 23.1. The second-order valence-electron chi connectivity index (χ2n) is 7.59. The van der Waals surface area contributed by atoms with Crippen LogP contribution in [0.5, 0.6) is 11.5 Å². The molecule has 0 saturated heterocycles. The standard InChI is InChI=1S/C24H20ClFN2O5/c25-16-7-9-17-15(10-24(12-27,33-17)13-4-2-1-3-5-13)20(16)21-14(23(28)31)6-8-18(22(21)26)32-11-19(29)30/h1-9H,10-12,27H2,(H2,28,31)(H,29,30)/t24-/m1/s1. The molecular weight excluding hydrogens is 451 g/mol. The number of rotatable bonds is 7. The third kappa shape index (κ3) is 3.99. The van der Waals surface area contributed by atoms with Crippen molar-refractivity contribution in [2.75, 3.05) is 13.2 Å². The highest BCUT2D eigenvalue weighted by Crippen LogP contribution is 2.49. The van der Waals surface area contributed by atoms with Crippen molar-refractivity contribution >= 4 is 23.5 Å². The average Bonchev–Trinajstić information content (AvgIpc) is 3.19. The maximum Gasteiger partial charge on any atom is 0.341 e. The fourth-order valence-electron chi connectivity index (χ4n) is 4.07. The van der Waals surface area contributed by atoms with E-state index in [-0.39, 0.29) is 40.4 Å². The van der Waals surface area contributed by atoms with E-state index in [1.165, 1.54) is 12.1 Å². The van der Waals surface area contributed by atoms with Crippen molar-refractivity contribution in [1.29, 1.82) is 0 Å². The summed E-state index contributed by atoms with van der Waals surface area (Å²) < 4.78 is 27.0. The van der Waals surface area contributed by atoms with E-state index in [0.29, 0.717) is 11.3 Å². The molecule has 3 aromatic carbocycles. The largest absolute Gasteiger partial charge is 0.481 e. The van der Waals surface area contributed by atoms with Crippen molar-refractivity contribution in [1.82, 2.24) is 0 Å². The van der Waals surface area contributed by atoms with Crippen LogP contribution < -0.4 is 20.9 Å². The number of hydrogen-bond donors (Lipinski definition) is 3. The lowest BCUT2D eigenvalue weighted by Gasteiger charge is -2.27. The fourth-order valence-corrected chi connectivity index (χ4v) is 4.34. The third-order valence-corrected chi connectivity index (χ3v) is 5.90. The Balaban J connectivity index is 1.91. The number of aliphatic carboxylic acids is 1. The number of carboxylic acid groups (broad SMARTS) is 1.